The van der Waals surface area contributed by atoms with Crippen molar-refractivity contribution >= 4 is 22.4 Å². The van der Waals surface area contributed by atoms with E-state index in [2.05, 4.69) is 67.7 Å². The van der Waals surface area contributed by atoms with Gasteiger partial charge >= 0.3 is 0 Å². The van der Waals surface area contributed by atoms with Crippen molar-refractivity contribution in [3.63, 3.8) is 0 Å². The minimum Gasteiger partial charge on any atom is -0.413 e. The van der Waals surface area contributed by atoms with Gasteiger partial charge in [-0.05, 0) is 49.1 Å². The average molecular weight is 399 g/mol. The van der Waals surface area contributed by atoms with Crippen LogP contribution in [0.15, 0.2) is 0 Å². The van der Waals surface area contributed by atoms with Crippen molar-refractivity contribution in [2.24, 2.45) is 5.41 Å². The quantitative estimate of drug-likeness (QED) is 0.521. The normalized spacial score (nSPS) is 31.2. The summed E-state index contributed by atoms with van der Waals surface area (Å²) in [7, 11) is -3.78. The fourth-order valence-corrected chi connectivity index (χ4v) is 6.80. The Morgan fingerprint density at radius 2 is 1.35 bits per heavy atom. The Morgan fingerprint density at radius 3 is 1.81 bits per heavy atom. The van der Waals surface area contributed by atoms with E-state index < -0.39 is 16.6 Å². The number of ketones is 1. The molecule has 1 spiro atoms. The first kappa shape index (κ1) is 22.3. The fraction of sp³-hybridized carbons (Fsp3) is 0.952. The van der Waals surface area contributed by atoms with Crippen LogP contribution in [0, 0.1) is 5.41 Å². The van der Waals surface area contributed by atoms with Gasteiger partial charge in [0, 0.05) is 18.3 Å². The number of rotatable bonds is 4. The molecule has 0 heterocycles. The number of Topliss-reactive ketones (excluding diaryl/α,β-unsaturated/α-hetero) is 1. The summed E-state index contributed by atoms with van der Waals surface area (Å²) in [5.41, 5.74) is -0.0812. The summed E-state index contributed by atoms with van der Waals surface area (Å²) in [6.07, 6.45) is 4.80. The zero-order valence-electron chi connectivity index (χ0n) is 18.9. The highest BCUT2D eigenvalue weighted by Gasteiger charge is 2.58. The summed E-state index contributed by atoms with van der Waals surface area (Å²) < 4.78 is 13.8. The molecule has 0 aromatic rings. The van der Waals surface area contributed by atoms with Crippen molar-refractivity contribution < 1.29 is 13.6 Å². The Morgan fingerprint density at radius 1 is 0.885 bits per heavy atom. The number of carbonyl (C=O) groups is 1. The van der Waals surface area contributed by atoms with E-state index in [0.29, 0.717) is 18.6 Å². The topological polar surface area (TPSA) is 35.5 Å². The van der Waals surface area contributed by atoms with Crippen LogP contribution in [0.4, 0.5) is 0 Å². The molecule has 152 valence electrons. The van der Waals surface area contributed by atoms with Gasteiger partial charge in [-0.25, -0.2) is 0 Å². The summed E-state index contributed by atoms with van der Waals surface area (Å²) in [6.45, 7) is 23.0. The molecule has 0 aliphatic heterocycles. The second-order valence-electron chi connectivity index (χ2n) is 11.8. The third-order valence-corrected chi connectivity index (χ3v) is 16.8. The van der Waals surface area contributed by atoms with Gasteiger partial charge in [0.2, 0.25) is 0 Å². The lowest BCUT2D eigenvalue weighted by Gasteiger charge is -2.47. The van der Waals surface area contributed by atoms with E-state index in [4.69, 9.17) is 8.85 Å². The predicted molar refractivity (Wildman–Crippen MR) is 115 cm³/mol. The van der Waals surface area contributed by atoms with E-state index >= 15 is 0 Å². The van der Waals surface area contributed by atoms with Gasteiger partial charge < -0.3 is 8.85 Å². The third-order valence-electron chi connectivity index (χ3n) is 7.82. The smallest absolute Gasteiger partial charge is 0.192 e. The molecular formula is C21H42O3Si2. The molecular weight excluding hydrogens is 356 g/mol. The van der Waals surface area contributed by atoms with Crippen LogP contribution in [-0.4, -0.2) is 34.6 Å². The molecule has 0 unspecified atom stereocenters. The molecule has 0 aromatic carbocycles. The van der Waals surface area contributed by atoms with E-state index in [1.165, 1.54) is 0 Å². The maximum Gasteiger partial charge on any atom is 0.192 e. The number of hydrogen-bond donors (Lipinski definition) is 0. The zero-order chi connectivity index (χ0) is 20.2. The van der Waals surface area contributed by atoms with Gasteiger partial charge in [0.15, 0.2) is 16.6 Å². The van der Waals surface area contributed by atoms with Crippen LogP contribution in [0.2, 0.25) is 36.3 Å². The number of hydrogen-bond acceptors (Lipinski definition) is 3. The molecule has 0 aromatic heterocycles. The molecule has 26 heavy (non-hydrogen) atoms. The minimum atomic E-state index is -1.91. The van der Waals surface area contributed by atoms with Gasteiger partial charge in [-0.2, -0.15) is 0 Å². The van der Waals surface area contributed by atoms with Crippen molar-refractivity contribution in [3.05, 3.63) is 0 Å². The molecule has 5 heteroatoms. The Labute approximate surface area is 163 Å². The van der Waals surface area contributed by atoms with Crippen molar-refractivity contribution in [2.45, 2.75) is 122 Å². The molecule has 0 saturated heterocycles. The third kappa shape index (κ3) is 4.06. The Balaban J connectivity index is 2.30. The summed E-state index contributed by atoms with van der Waals surface area (Å²) in [6, 6.07) is 0. The van der Waals surface area contributed by atoms with Crippen LogP contribution in [0.5, 0.6) is 0 Å². The van der Waals surface area contributed by atoms with Crippen LogP contribution < -0.4 is 0 Å². The maximum atomic E-state index is 12.5. The molecule has 3 atom stereocenters. The molecule has 0 radical (unpaired) electrons. The predicted octanol–water partition coefficient (Wildman–Crippen LogP) is 6.30. The van der Waals surface area contributed by atoms with E-state index in [1.54, 1.807) is 0 Å². The lowest BCUT2D eigenvalue weighted by atomic mass is 9.80. The van der Waals surface area contributed by atoms with Crippen LogP contribution in [-0.2, 0) is 13.6 Å². The average Bonchev–Trinajstić information content (AvgIpc) is 2.91. The van der Waals surface area contributed by atoms with Gasteiger partial charge in [-0.15, -0.1) is 0 Å². The van der Waals surface area contributed by atoms with Crippen molar-refractivity contribution in [2.75, 3.05) is 0 Å². The SMILES string of the molecule is CC(C)(C)[Si](C)(C)O[C@H]1CC(=O)C[C@]12CCC[C@H]2O[Si](C)(C)C(C)(C)C. The largest absolute Gasteiger partial charge is 0.413 e. The zero-order valence-corrected chi connectivity index (χ0v) is 20.9. The maximum absolute atomic E-state index is 12.5. The number of carbonyl (C=O) groups excluding carboxylic acids is 1. The molecule has 0 N–H and O–H groups in total. The van der Waals surface area contributed by atoms with E-state index in [1.807, 2.05) is 0 Å². The molecule has 3 nitrogen and oxygen atoms in total. The Kier molecular flexibility index (Phi) is 5.85. The summed E-state index contributed by atoms with van der Waals surface area (Å²) in [5.74, 6) is 0.374. The first-order chi connectivity index (χ1) is 11.5. The molecule has 2 fully saturated rings. The molecule has 2 rings (SSSR count). The van der Waals surface area contributed by atoms with E-state index in [9.17, 15) is 4.79 Å². The van der Waals surface area contributed by atoms with Gasteiger partial charge in [-0.3, -0.25) is 4.79 Å². The van der Waals surface area contributed by atoms with E-state index in [0.717, 1.165) is 19.3 Å². The van der Waals surface area contributed by atoms with E-state index in [-0.39, 0.29) is 27.7 Å². The Hall–Kier alpha value is 0.0238. The standard InChI is InChI=1S/C21H42O3Si2/c1-19(2,3)25(7,8)23-17-12-11-13-21(17)15-16(22)14-18(21)24-26(9,10)20(4,5)6/h17-18H,11-15H2,1-10H3/t17-,18+,21+/m1/s1. The highest BCUT2D eigenvalue weighted by molar-refractivity contribution is 6.74. The summed E-state index contributed by atoms with van der Waals surface area (Å²) in [4.78, 5) is 12.5. The molecule has 0 amide bonds. The fourth-order valence-electron chi connectivity index (χ4n) is 4.00. The summed E-state index contributed by atoms with van der Waals surface area (Å²) >= 11 is 0. The molecule has 2 saturated carbocycles. The monoisotopic (exact) mass is 398 g/mol. The van der Waals surface area contributed by atoms with Gasteiger partial charge in [0.05, 0.1) is 12.2 Å². The van der Waals surface area contributed by atoms with Crippen molar-refractivity contribution in [3.8, 4) is 0 Å². The van der Waals surface area contributed by atoms with Crippen LogP contribution in [0.25, 0.3) is 0 Å². The highest BCUT2D eigenvalue weighted by Crippen LogP contribution is 2.55. The van der Waals surface area contributed by atoms with Crippen LogP contribution >= 0.6 is 0 Å². The Bertz CT molecular complexity index is 542. The molecule has 0 bridgehead atoms. The minimum absolute atomic E-state index is 0.0492. The van der Waals surface area contributed by atoms with Crippen LogP contribution in [0.1, 0.15) is 73.6 Å². The second kappa shape index (κ2) is 6.82. The first-order valence-electron chi connectivity index (χ1n) is 10.4. The van der Waals surface area contributed by atoms with Crippen molar-refractivity contribution in [1.82, 2.24) is 0 Å². The van der Waals surface area contributed by atoms with Gasteiger partial charge in [-0.1, -0.05) is 48.0 Å². The van der Waals surface area contributed by atoms with Crippen LogP contribution in [0.3, 0.4) is 0 Å². The summed E-state index contributed by atoms with van der Waals surface area (Å²) in [5, 5.41) is 0.351. The molecule has 2 aliphatic carbocycles. The highest BCUT2D eigenvalue weighted by atomic mass is 28.4. The second-order valence-corrected chi connectivity index (χ2v) is 21.3. The lowest BCUT2D eigenvalue weighted by Crippen LogP contribution is -2.53. The molecule has 2 aliphatic rings. The van der Waals surface area contributed by atoms with Crippen molar-refractivity contribution in [1.29, 1.82) is 0 Å². The first-order valence-corrected chi connectivity index (χ1v) is 16.2. The lowest BCUT2D eigenvalue weighted by molar-refractivity contribution is -0.118. The van der Waals surface area contributed by atoms with Gasteiger partial charge in [0.25, 0.3) is 0 Å². The van der Waals surface area contributed by atoms with Gasteiger partial charge in [0.1, 0.15) is 5.78 Å².